The van der Waals surface area contributed by atoms with Gasteiger partial charge in [-0.1, -0.05) is 316 Å². The van der Waals surface area contributed by atoms with Crippen molar-refractivity contribution in [3.63, 3.8) is 0 Å². The van der Waals surface area contributed by atoms with Gasteiger partial charge >= 0.3 is 0 Å². The normalized spacial score (nSPS) is 23.0. The number of carbonyl (C=O) groups excluding carboxylic acids is 1. The van der Waals surface area contributed by atoms with Gasteiger partial charge in [-0.15, -0.1) is 0 Å². The molecule has 9 N–H and O–H groups in total. The second-order valence-electron chi connectivity index (χ2n) is 26.7. The van der Waals surface area contributed by atoms with Gasteiger partial charge in [-0.05, 0) is 89.9 Å². The monoisotopic (exact) mass is 1340 g/mol. The SMILES string of the molecule is CC/C=C\C/C=C\C/C=C\C/C=C\C/C=C\C/C=C\C/C=C\CCCCCCCCCCCCCC(=O)NC(COC1OC(CO)C(OC2OC(CO)C(O)C(O)C2O)C(O)C1O)C(O)/C=C/CC/C=C/CCCCCCCCCCCCCCCCCCCCCCCC. The standard InChI is InChI=1S/C81H141NO13/c1-3-5-7-9-11-13-15-17-19-21-23-25-27-29-31-33-34-35-36-37-39-41-43-45-47-49-51-53-55-57-59-61-63-65-73(86)82-69(68-92-80-78(91)76(89)79(72(67-84)94-80)95-81-77(90)75(88)74(87)71(66-83)93-81)70(85)64-62-60-58-56-54-52-50-48-46-44-42-40-38-32-30-28-26-24-22-20-18-16-14-12-10-8-6-4-2/h5,7,11,13,17,19,23,25,29,31,34-35,37,39,54,56,62,64,69-72,74-81,83-85,87-91H,3-4,6,8-10,12,14-16,18,20-22,24,26-28,30,32-33,36,38,40-53,55,57-61,63,65-68H2,1-2H3,(H,82,86)/b7-5-,13-11-,19-17-,25-23-,31-29-,35-34-,39-37-,56-54+,64-62+. The van der Waals surface area contributed by atoms with Gasteiger partial charge in [0.05, 0.1) is 32.0 Å². The van der Waals surface area contributed by atoms with Crippen LogP contribution in [-0.4, -0.2) is 140 Å². The van der Waals surface area contributed by atoms with E-state index in [1.807, 2.05) is 6.08 Å². The summed E-state index contributed by atoms with van der Waals surface area (Å²) >= 11 is 0. The van der Waals surface area contributed by atoms with Gasteiger partial charge < -0.3 is 65.1 Å². The number of hydrogen-bond donors (Lipinski definition) is 9. The molecule has 12 atom stereocenters. The molecular formula is C81H141NO13. The van der Waals surface area contributed by atoms with Gasteiger partial charge in [-0.25, -0.2) is 0 Å². The Balaban J connectivity index is 1.66. The van der Waals surface area contributed by atoms with Crippen LogP contribution in [0.2, 0.25) is 0 Å². The van der Waals surface area contributed by atoms with Gasteiger partial charge in [-0.3, -0.25) is 4.79 Å². The number of aliphatic hydroxyl groups excluding tert-OH is 8. The minimum Gasteiger partial charge on any atom is -0.394 e. The molecule has 548 valence electrons. The molecule has 0 aromatic heterocycles. The zero-order valence-corrected chi connectivity index (χ0v) is 59.9. The maximum Gasteiger partial charge on any atom is 0.220 e. The average molecular weight is 1340 g/mol. The van der Waals surface area contributed by atoms with E-state index >= 15 is 0 Å². The first-order valence-corrected chi connectivity index (χ1v) is 38.6. The van der Waals surface area contributed by atoms with Crippen molar-refractivity contribution in [1.82, 2.24) is 5.32 Å². The van der Waals surface area contributed by atoms with E-state index in [2.05, 4.69) is 116 Å². The third-order valence-electron chi connectivity index (χ3n) is 18.2. The minimum absolute atomic E-state index is 0.254. The molecule has 14 heteroatoms. The molecule has 0 radical (unpaired) electrons. The van der Waals surface area contributed by atoms with E-state index in [0.29, 0.717) is 12.8 Å². The number of aliphatic hydroxyl groups is 8. The van der Waals surface area contributed by atoms with Crippen LogP contribution in [0.25, 0.3) is 0 Å². The highest BCUT2D eigenvalue weighted by molar-refractivity contribution is 5.76. The Morgan fingerprint density at radius 1 is 0.389 bits per heavy atom. The summed E-state index contributed by atoms with van der Waals surface area (Å²) in [6.07, 6.45) is 75.8. The molecule has 0 saturated carbocycles. The summed E-state index contributed by atoms with van der Waals surface area (Å²) in [6, 6.07) is -0.942. The van der Waals surface area contributed by atoms with Crippen LogP contribution in [-0.2, 0) is 23.7 Å². The fourth-order valence-corrected chi connectivity index (χ4v) is 12.1. The molecule has 2 rings (SSSR count). The zero-order chi connectivity index (χ0) is 68.7. The Morgan fingerprint density at radius 2 is 0.737 bits per heavy atom. The van der Waals surface area contributed by atoms with Gasteiger partial charge in [0.15, 0.2) is 12.6 Å². The molecule has 2 heterocycles. The molecule has 0 bridgehead atoms. The number of unbranched alkanes of at least 4 members (excludes halogenated alkanes) is 34. The Hall–Kier alpha value is -3.35. The lowest BCUT2D eigenvalue weighted by atomic mass is 9.97. The van der Waals surface area contributed by atoms with E-state index in [1.165, 1.54) is 186 Å². The molecule has 0 spiro atoms. The van der Waals surface area contributed by atoms with E-state index in [-0.39, 0.29) is 18.9 Å². The van der Waals surface area contributed by atoms with Crippen LogP contribution < -0.4 is 5.32 Å². The van der Waals surface area contributed by atoms with Crippen LogP contribution in [0.1, 0.15) is 303 Å². The lowest BCUT2D eigenvalue weighted by Gasteiger charge is -2.46. The van der Waals surface area contributed by atoms with Crippen LogP contribution in [0, 0.1) is 0 Å². The number of ether oxygens (including phenoxy) is 4. The Bertz CT molecular complexity index is 2010. The molecule has 2 aliphatic heterocycles. The van der Waals surface area contributed by atoms with Crippen molar-refractivity contribution in [2.24, 2.45) is 0 Å². The highest BCUT2D eigenvalue weighted by atomic mass is 16.7. The highest BCUT2D eigenvalue weighted by Crippen LogP contribution is 2.30. The van der Waals surface area contributed by atoms with Crippen LogP contribution >= 0.6 is 0 Å². The van der Waals surface area contributed by atoms with Gasteiger partial charge in [-0.2, -0.15) is 0 Å². The lowest BCUT2D eigenvalue weighted by Crippen LogP contribution is -2.65. The molecule has 14 nitrogen and oxygen atoms in total. The van der Waals surface area contributed by atoms with Gasteiger partial charge in [0.2, 0.25) is 5.91 Å². The summed E-state index contributed by atoms with van der Waals surface area (Å²) < 4.78 is 22.9. The highest BCUT2D eigenvalue weighted by Gasteiger charge is 2.51. The Morgan fingerprint density at radius 3 is 1.16 bits per heavy atom. The number of carbonyl (C=O) groups is 1. The Kier molecular flexibility index (Phi) is 59.2. The predicted octanol–water partition coefficient (Wildman–Crippen LogP) is 17.1. The number of rotatable bonds is 63. The second-order valence-corrected chi connectivity index (χ2v) is 26.7. The smallest absolute Gasteiger partial charge is 0.220 e. The molecule has 0 aromatic rings. The molecule has 0 aromatic carbocycles. The second kappa shape index (κ2) is 64.1. The van der Waals surface area contributed by atoms with Crippen LogP contribution in [0.5, 0.6) is 0 Å². The number of allylic oxidation sites excluding steroid dienone is 17. The largest absolute Gasteiger partial charge is 0.394 e. The van der Waals surface area contributed by atoms with E-state index < -0.39 is 86.8 Å². The first kappa shape index (κ1) is 87.7. The maximum atomic E-state index is 13.4. The molecule has 2 fully saturated rings. The fraction of sp³-hybridized carbons (Fsp3) is 0.765. The van der Waals surface area contributed by atoms with E-state index in [0.717, 1.165) is 83.5 Å². The van der Waals surface area contributed by atoms with Crippen molar-refractivity contribution in [3.8, 4) is 0 Å². The van der Waals surface area contributed by atoms with E-state index in [9.17, 15) is 45.6 Å². The van der Waals surface area contributed by atoms with Crippen molar-refractivity contribution in [1.29, 1.82) is 0 Å². The van der Waals surface area contributed by atoms with E-state index in [1.54, 1.807) is 6.08 Å². The third kappa shape index (κ3) is 47.4. The lowest BCUT2D eigenvalue weighted by molar-refractivity contribution is -0.359. The first-order valence-electron chi connectivity index (χ1n) is 38.6. The van der Waals surface area contributed by atoms with Gasteiger partial charge in [0, 0.05) is 6.42 Å². The predicted molar refractivity (Wildman–Crippen MR) is 392 cm³/mol. The van der Waals surface area contributed by atoms with Crippen molar-refractivity contribution < 1.29 is 64.6 Å². The summed E-state index contributed by atoms with van der Waals surface area (Å²) in [5.41, 5.74) is 0. The number of amides is 1. The van der Waals surface area contributed by atoms with E-state index in [4.69, 9.17) is 18.9 Å². The maximum absolute atomic E-state index is 13.4. The molecule has 1 amide bonds. The molecule has 95 heavy (non-hydrogen) atoms. The topological polar surface area (TPSA) is 228 Å². The summed E-state index contributed by atoms with van der Waals surface area (Å²) in [5.74, 6) is -0.254. The van der Waals surface area contributed by atoms with Gasteiger partial charge in [0.25, 0.3) is 0 Å². The number of nitrogens with one attached hydrogen (secondary N) is 1. The van der Waals surface area contributed by atoms with Crippen molar-refractivity contribution in [2.45, 2.75) is 376 Å². The first-order chi connectivity index (χ1) is 46.6. The number of hydrogen-bond acceptors (Lipinski definition) is 13. The van der Waals surface area contributed by atoms with Crippen molar-refractivity contribution >= 4 is 5.91 Å². The molecule has 12 unspecified atom stereocenters. The van der Waals surface area contributed by atoms with Crippen LogP contribution in [0.15, 0.2) is 109 Å². The van der Waals surface area contributed by atoms with Crippen molar-refractivity contribution in [2.75, 3.05) is 19.8 Å². The molecule has 0 aliphatic carbocycles. The summed E-state index contributed by atoms with van der Waals surface area (Å²) in [6.45, 7) is 2.70. The van der Waals surface area contributed by atoms with Gasteiger partial charge in [0.1, 0.15) is 48.8 Å². The molecule has 2 aliphatic rings. The van der Waals surface area contributed by atoms with Crippen LogP contribution in [0.3, 0.4) is 0 Å². The van der Waals surface area contributed by atoms with Crippen molar-refractivity contribution in [3.05, 3.63) is 109 Å². The molecule has 2 saturated heterocycles. The van der Waals surface area contributed by atoms with Crippen LogP contribution in [0.4, 0.5) is 0 Å². The summed E-state index contributed by atoms with van der Waals surface area (Å²) in [7, 11) is 0. The summed E-state index contributed by atoms with van der Waals surface area (Å²) in [5, 5.41) is 87.6. The quantitative estimate of drug-likeness (QED) is 0.0204. The Labute approximate surface area is 578 Å². The fourth-order valence-electron chi connectivity index (χ4n) is 12.1. The minimum atomic E-state index is -1.80. The summed E-state index contributed by atoms with van der Waals surface area (Å²) in [4.78, 5) is 13.4. The molecular weight excluding hydrogens is 1190 g/mol. The zero-order valence-electron chi connectivity index (χ0n) is 59.9. The average Bonchev–Trinajstić information content (AvgIpc) is 0.801. The third-order valence-corrected chi connectivity index (χ3v) is 18.2.